The Morgan fingerprint density at radius 3 is 2.84 bits per heavy atom. The average molecular weight is 292 g/mol. The number of thioether (sulfide) groups is 1. The lowest BCUT2D eigenvalue weighted by atomic mass is 9.92. The Kier molecular flexibility index (Phi) is 4.13. The van der Waals surface area contributed by atoms with Crippen molar-refractivity contribution in [1.82, 2.24) is 0 Å². The van der Waals surface area contributed by atoms with Gasteiger partial charge in [0.05, 0.1) is 4.08 Å². The second-order valence-electron chi connectivity index (χ2n) is 5.41. The van der Waals surface area contributed by atoms with E-state index in [4.69, 9.17) is 0 Å². The summed E-state index contributed by atoms with van der Waals surface area (Å²) in [5.74, 6) is 2.09. The summed E-state index contributed by atoms with van der Waals surface area (Å²) in [5, 5.41) is 0. The van der Waals surface area contributed by atoms with Gasteiger partial charge in [-0.3, -0.25) is 4.21 Å². The second kappa shape index (κ2) is 5.84. The molecule has 0 aromatic heterocycles. The van der Waals surface area contributed by atoms with Crippen molar-refractivity contribution in [2.24, 2.45) is 0 Å². The van der Waals surface area contributed by atoms with Gasteiger partial charge in [0, 0.05) is 16.6 Å². The number of allylic oxidation sites excluding steroid dienone is 1. The van der Waals surface area contributed by atoms with Gasteiger partial charge in [0.2, 0.25) is 0 Å². The summed E-state index contributed by atoms with van der Waals surface area (Å²) in [5.41, 5.74) is 2.77. The highest BCUT2D eigenvalue weighted by atomic mass is 32.2. The van der Waals surface area contributed by atoms with Gasteiger partial charge in [-0.1, -0.05) is 42.0 Å². The molecule has 3 heteroatoms. The van der Waals surface area contributed by atoms with E-state index in [1.807, 2.05) is 11.8 Å². The number of hydrogen-bond acceptors (Lipinski definition) is 2. The molecule has 1 nitrogen and oxygen atoms in total. The molecule has 2 aliphatic rings. The molecule has 0 radical (unpaired) electrons. The summed E-state index contributed by atoms with van der Waals surface area (Å²) in [4.78, 5) is 0. The van der Waals surface area contributed by atoms with Crippen LogP contribution in [0.15, 0.2) is 35.9 Å². The minimum absolute atomic E-state index is 0.0388. The number of benzene rings is 1. The second-order valence-corrected chi connectivity index (χ2v) is 9.02. The van der Waals surface area contributed by atoms with Gasteiger partial charge in [-0.05, 0) is 43.4 Å². The molecule has 1 heterocycles. The molecular weight excluding hydrogens is 272 g/mol. The van der Waals surface area contributed by atoms with Crippen molar-refractivity contribution in [2.75, 3.05) is 11.5 Å². The maximum atomic E-state index is 12.4. The van der Waals surface area contributed by atoms with Gasteiger partial charge in [-0.15, -0.1) is 11.8 Å². The van der Waals surface area contributed by atoms with E-state index in [9.17, 15) is 4.21 Å². The van der Waals surface area contributed by atoms with Crippen LogP contribution in [0.3, 0.4) is 0 Å². The Bertz CT molecular complexity index is 491. The van der Waals surface area contributed by atoms with Gasteiger partial charge < -0.3 is 0 Å². The van der Waals surface area contributed by atoms with E-state index in [1.165, 1.54) is 29.7 Å². The molecule has 1 aliphatic carbocycles. The molecule has 1 saturated carbocycles. The highest BCUT2D eigenvalue weighted by Crippen LogP contribution is 2.47. The lowest BCUT2D eigenvalue weighted by Crippen LogP contribution is -2.38. The SMILES string of the molecule is O=S1CCCSC12CCCC(=Cc1ccccc1)C2. The van der Waals surface area contributed by atoms with Gasteiger partial charge in [-0.2, -0.15) is 0 Å². The quantitative estimate of drug-likeness (QED) is 0.770. The summed E-state index contributed by atoms with van der Waals surface area (Å²) < 4.78 is 12.5. The molecule has 1 aromatic rings. The van der Waals surface area contributed by atoms with Crippen molar-refractivity contribution in [1.29, 1.82) is 0 Å². The van der Waals surface area contributed by atoms with Crippen LogP contribution in [0.2, 0.25) is 0 Å². The van der Waals surface area contributed by atoms with E-state index in [-0.39, 0.29) is 4.08 Å². The molecule has 3 rings (SSSR count). The minimum Gasteiger partial charge on any atom is -0.258 e. The van der Waals surface area contributed by atoms with Crippen LogP contribution < -0.4 is 0 Å². The van der Waals surface area contributed by atoms with E-state index in [0.29, 0.717) is 0 Å². The topological polar surface area (TPSA) is 17.1 Å². The molecule has 102 valence electrons. The first kappa shape index (κ1) is 13.4. The zero-order valence-corrected chi connectivity index (χ0v) is 12.8. The van der Waals surface area contributed by atoms with Crippen LogP contribution in [0, 0.1) is 0 Å². The predicted octanol–water partition coefficient (Wildman–Crippen LogP) is 4.23. The molecule has 0 amide bonds. The molecule has 1 aromatic carbocycles. The Morgan fingerprint density at radius 2 is 2.05 bits per heavy atom. The van der Waals surface area contributed by atoms with Crippen LogP contribution in [0.5, 0.6) is 0 Å². The number of hydrogen-bond donors (Lipinski definition) is 0. The van der Waals surface area contributed by atoms with Gasteiger partial charge in [0.25, 0.3) is 0 Å². The van der Waals surface area contributed by atoms with Crippen LogP contribution in [-0.4, -0.2) is 19.8 Å². The first-order chi connectivity index (χ1) is 9.28. The van der Waals surface area contributed by atoms with Gasteiger partial charge in [0.1, 0.15) is 0 Å². The van der Waals surface area contributed by atoms with Crippen molar-refractivity contribution in [3.8, 4) is 0 Å². The molecule has 1 aliphatic heterocycles. The van der Waals surface area contributed by atoms with E-state index in [2.05, 4.69) is 36.4 Å². The largest absolute Gasteiger partial charge is 0.258 e. The zero-order valence-electron chi connectivity index (χ0n) is 11.1. The van der Waals surface area contributed by atoms with Crippen molar-refractivity contribution >= 4 is 28.6 Å². The molecule has 1 saturated heterocycles. The van der Waals surface area contributed by atoms with E-state index < -0.39 is 10.8 Å². The fraction of sp³-hybridized carbons (Fsp3) is 0.500. The Labute approximate surface area is 122 Å². The molecule has 2 unspecified atom stereocenters. The summed E-state index contributed by atoms with van der Waals surface area (Å²) in [6.07, 6.45) is 7.96. The Balaban J connectivity index is 1.81. The van der Waals surface area contributed by atoms with Crippen molar-refractivity contribution < 1.29 is 4.21 Å². The van der Waals surface area contributed by atoms with Gasteiger partial charge in [0.15, 0.2) is 0 Å². The first-order valence-electron chi connectivity index (χ1n) is 7.05. The third-order valence-electron chi connectivity index (χ3n) is 3.98. The van der Waals surface area contributed by atoms with E-state index in [1.54, 1.807) is 0 Å². The average Bonchev–Trinajstić information content (AvgIpc) is 2.44. The highest BCUT2D eigenvalue weighted by Gasteiger charge is 2.41. The third kappa shape index (κ3) is 2.97. The van der Waals surface area contributed by atoms with E-state index >= 15 is 0 Å². The lowest BCUT2D eigenvalue weighted by molar-refractivity contribution is 0.557. The highest BCUT2D eigenvalue weighted by molar-refractivity contribution is 8.13. The van der Waals surface area contributed by atoms with Crippen LogP contribution in [0.1, 0.15) is 37.7 Å². The van der Waals surface area contributed by atoms with Gasteiger partial charge >= 0.3 is 0 Å². The fourth-order valence-electron chi connectivity index (χ4n) is 3.03. The zero-order chi connectivity index (χ0) is 13.1. The number of rotatable bonds is 1. The maximum Gasteiger partial charge on any atom is 0.0945 e. The predicted molar refractivity (Wildman–Crippen MR) is 85.7 cm³/mol. The minimum atomic E-state index is -0.642. The smallest absolute Gasteiger partial charge is 0.0945 e. The Hall–Kier alpha value is -0.540. The molecule has 0 N–H and O–H groups in total. The molecule has 19 heavy (non-hydrogen) atoms. The maximum absolute atomic E-state index is 12.4. The lowest BCUT2D eigenvalue weighted by Gasteiger charge is -2.39. The van der Waals surface area contributed by atoms with Gasteiger partial charge in [-0.25, -0.2) is 0 Å². The summed E-state index contributed by atoms with van der Waals surface area (Å²) in [6, 6.07) is 10.5. The molecule has 0 bridgehead atoms. The van der Waals surface area contributed by atoms with Crippen LogP contribution >= 0.6 is 11.8 Å². The molecular formula is C16H20OS2. The molecule has 2 fully saturated rings. The normalized spacial score (nSPS) is 33.7. The van der Waals surface area contributed by atoms with Crippen LogP contribution in [-0.2, 0) is 10.8 Å². The summed E-state index contributed by atoms with van der Waals surface area (Å²) >= 11 is 1.97. The summed E-state index contributed by atoms with van der Waals surface area (Å²) in [7, 11) is -0.642. The first-order valence-corrected chi connectivity index (χ1v) is 9.36. The standard InChI is InChI=1S/C16H20OS2/c17-19-11-5-10-18-16(19)9-4-8-15(13-16)12-14-6-2-1-3-7-14/h1-3,6-7,12H,4-5,8-11,13H2. The molecule has 2 atom stereocenters. The fourth-order valence-corrected chi connectivity index (χ4v) is 6.98. The van der Waals surface area contributed by atoms with Crippen LogP contribution in [0.25, 0.3) is 6.08 Å². The van der Waals surface area contributed by atoms with E-state index in [0.717, 1.165) is 25.0 Å². The third-order valence-corrected chi connectivity index (χ3v) is 8.09. The van der Waals surface area contributed by atoms with Crippen molar-refractivity contribution in [3.63, 3.8) is 0 Å². The van der Waals surface area contributed by atoms with Crippen molar-refractivity contribution in [3.05, 3.63) is 41.5 Å². The Morgan fingerprint density at radius 1 is 1.21 bits per heavy atom. The van der Waals surface area contributed by atoms with Crippen molar-refractivity contribution in [2.45, 2.75) is 36.2 Å². The molecule has 1 spiro atoms. The monoisotopic (exact) mass is 292 g/mol. The summed E-state index contributed by atoms with van der Waals surface area (Å²) in [6.45, 7) is 0. The van der Waals surface area contributed by atoms with Crippen LogP contribution in [0.4, 0.5) is 0 Å².